The number of carbonyl (C=O) groups excluding carboxylic acids is 1. The van der Waals surface area contributed by atoms with E-state index in [-0.39, 0.29) is 29.8 Å². The van der Waals surface area contributed by atoms with Gasteiger partial charge in [-0.2, -0.15) is 9.97 Å². The molecule has 1 N–H and O–H groups in total. The van der Waals surface area contributed by atoms with Crippen molar-refractivity contribution in [1.82, 2.24) is 14.9 Å². The number of halogens is 1. The van der Waals surface area contributed by atoms with Crippen LogP contribution in [0.25, 0.3) is 0 Å². The molecule has 4 aliphatic heterocycles. The number of rotatable bonds is 5. The fourth-order valence-electron chi connectivity index (χ4n) is 6.14. The van der Waals surface area contributed by atoms with E-state index >= 15 is 0 Å². The van der Waals surface area contributed by atoms with Crippen molar-refractivity contribution in [2.45, 2.75) is 50.9 Å². The number of aromatic hydroxyl groups is 1. The Labute approximate surface area is 209 Å². The third kappa shape index (κ3) is 4.06. The molecule has 0 radical (unpaired) electrons. The van der Waals surface area contributed by atoms with Crippen LogP contribution in [0.3, 0.4) is 0 Å². The van der Waals surface area contributed by atoms with Crippen LogP contribution in [0.15, 0.2) is 18.2 Å². The Bertz CT molecular complexity index is 1170. The molecule has 0 bridgehead atoms. The molecule has 9 nitrogen and oxygen atoms in total. The number of fused-ring (bicyclic) bond motifs is 2. The summed E-state index contributed by atoms with van der Waals surface area (Å²) >= 11 is 0. The van der Waals surface area contributed by atoms with E-state index in [1.165, 1.54) is 0 Å². The molecule has 6 rings (SSSR count). The van der Waals surface area contributed by atoms with E-state index in [0.717, 1.165) is 31.4 Å². The van der Waals surface area contributed by atoms with Crippen molar-refractivity contribution in [2.75, 3.05) is 55.8 Å². The highest BCUT2D eigenvalue weighted by Gasteiger charge is 2.49. The maximum atomic E-state index is 14.2. The number of phenols is 1. The summed E-state index contributed by atoms with van der Waals surface area (Å²) in [4.78, 5) is 29.0. The highest BCUT2D eigenvalue weighted by atomic mass is 19.1. The zero-order valence-electron chi connectivity index (χ0n) is 20.6. The number of hydrogen-bond acceptors (Lipinski definition) is 8. The number of anilines is 2. The van der Waals surface area contributed by atoms with Crippen molar-refractivity contribution in [3.8, 4) is 11.8 Å². The molecule has 5 heterocycles. The lowest BCUT2D eigenvalue weighted by atomic mass is 9.95. The first-order valence-electron chi connectivity index (χ1n) is 12.8. The molecule has 3 fully saturated rings. The van der Waals surface area contributed by atoms with Gasteiger partial charge in [-0.1, -0.05) is 6.07 Å². The molecule has 2 aromatic rings. The minimum atomic E-state index is -0.834. The van der Waals surface area contributed by atoms with E-state index in [1.54, 1.807) is 23.1 Å². The fourth-order valence-corrected chi connectivity index (χ4v) is 6.14. The molecule has 1 amide bonds. The van der Waals surface area contributed by atoms with E-state index in [2.05, 4.69) is 14.8 Å². The largest absolute Gasteiger partial charge is 0.508 e. The molecule has 1 aromatic heterocycles. The van der Waals surface area contributed by atoms with Crippen LogP contribution in [0.4, 0.5) is 15.9 Å². The Hall–Kier alpha value is -2.98. The normalized spacial score (nSPS) is 26.3. The van der Waals surface area contributed by atoms with E-state index in [0.29, 0.717) is 68.6 Å². The number of hydrogen-bond donors (Lipinski definition) is 1. The Morgan fingerprint density at radius 1 is 1.22 bits per heavy atom. The molecular formula is C26H32FN5O4. The summed E-state index contributed by atoms with van der Waals surface area (Å²) in [5, 5.41) is 10.1. The zero-order valence-corrected chi connectivity index (χ0v) is 20.6. The van der Waals surface area contributed by atoms with Crippen LogP contribution in [0.5, 0.6) is 11.8 Å². The summed E-state index contributed by atoms with van der Waals surface area (Å²) < 4.78 is 26.1. The van der Waals surface area contributed by atoms with Gasteiger partial charge in [0.1, 0.15) is 29.9 Å². The Morgan fingerprint density at radius 3 is 3.00 bits per heavy atom. The maximum Gasteiger partial charge on any atom is 0.318 e. The first-order valence-corrected chi connectivity index (χ1v) is 12.8. The summed E-state index contributed by atoms with van der Waals surface area (Å²) in [5.41, 5.74) is 2.29. The third-order valence-corrected chi connectivity index (χ3v) is 7.95. The van der Waals surface area contributed by atoms with Crippen molar-refractivity contribution in [3.63, 3.8) is 0 Å². The number of aryl methyl sites for hydroxylation is 1. The molecule has 0 unspecified atom stereocenters. The number of phenolic OH excluding ortho intramolecular Hbond substituents is 1. The van der Waals surface area contributed by atoms with Gasteiger partial charge in [0.15, 0.2) is 0 Å². The summed E-state index contributed by atoms with van der Waals surface area (Å²) in [7, 11) is 0. The van der Waals surface area contributed by atoms with Gasteiger partial charge in [-0.15, -0.1) is 0 Å². The van der Waals surface area contributed by atoms with Crippen LogP contribution < -0.4 is 14.5 Å². The van der Waals surface area contributed by atoms with Gasteiger partial charge < -0.3 is 24.4 Å². The fraction of sp³-hybridized carbons (Fsp3) is 0.577. The number of carbonyl (C=O) groups is 1. The van der Waals surface area contributed by atoms with Gasteiger partial charge in [0.2, 0.25) is 0 Å². The lowest BCUT2D eigenvalue weighted by molar-refractivity contribution is 0.0995. The van der Waals surface area contributed by atoms with E-state index in [9.17, 15) is 14.3 Å². The predicted octanol–water partition coefficient (Wildman–Crippen LogP) is 2.83. The van der Waals surface area contributed by atoms with Crippen molar-refractivity contribution < 1.29 is 23.8 Å². The van der Waals surface area contributed by atoms with Crippen molar-refractivity contribution in [3.05, 3.63) is 35.0 Å². The van der Waals surface area contributed by atoms with Crippen LogP contribution in [0, 0.1) is 6.92 Å². The molecule has 36 heavy (non-hydrogen) atoms. The summed E-state index contributed by atoms with van der Waals surface area (Å²) in [6.07, 6.45) is 2.40. The van der Waals surface area contributed by atoms with Crippen LogP contribution in [-0.4, -0.2) is 83.6 Å². The molecule has 0 aliphatic carbocycles. The van der Waals surface area contributed by atoms with Crippen molar-refractivity contribution in [2.24, 2.45) is 0 Å². The smallest absolute Gasteiger partial charge is 0.318 e. The first-order chi connectivity index (χ1) is 17.4. The van der Waals surface area contributed by atoms with Crippen molar-refractivity contribution >= 4 is 17.4 Å². The highest BCUT2D eigenvalue weighted by Crippen LogP contribution is 2.41. The Kier molecular flexibility index (Phi) is 5.95. The molecule has 0 saturated carbocycles. The SMILES string of the molecule is Cc1ccc(O)cc1N1Cc2nc(OC[C@@]34CCCN3C[C@H](F)C4)nc(N3CCCOCC3)c2C1=O. The molecule has 192 valence electrons. The van der Waals surface area contributed by atoms with Gasteiger partial charge in [0.05, 0.1) is 30.1 Å². The van der Waals surface area contributed by atoms with Gasteiger partial charge >= 0.3 is 6.01 Å². The maximum absolute atomic E-state index is 14.2. The second-order valence-corrected chi connectivity index (χ2v) is 10.3. The molecule has 3 saturated heterocycles. The van der Waals surface area contributed by atoms with Gasteiger partial charge in [-0.05, 0) is 44.4 Å². The third-order valence-electron chi connectivity index (χ3n) is 7.95. The monoisotopic (exact) mass is 497 g/mol. The van der Waals surface area contributed by atoms with E-state index in [1.807, 2.05) is 6.92 Å². The van der Waals surface area contributed by atoms with E-state index < -0.39 is 6.17 Å². The van der Waals surface area contributed by atoms with Gasteiger partial charge in [0.25, 0.3) is 5.91 Å². The minimum Gasteiger partial charge on any atom is -0.508 e. The van der Waals surface area contributed by atoms with Crippen LogP contribution in [0.2, 0.25) is 0 Å². The number of alkyl halides is 1. The zero-order chi connectivity index (χ0) is 24.9. The average Bonchev–Trinajstić information content (AvgIpc) is 3.39. The lowest BCUT2D eigenvalue weighted by Gasteiger charge is -2.31. The Morgan fingerprint density at radius 2 is 2.11 bits per heavy atom. The predicted molar refractivity (Wildman–Crippen MR) is 132 cm³/mol. The summed E-state index contributed by atoms with van der Waals surface area (Å²) in [6, 6.07) is 5.22. The van der Waals surface area contributed by atoms with Crippen LogP contribution >= 0.6 is 0 Å². The number of ether oxygens (including phenoxy) is 2. The van der Waals surface area contributed by atoms with E-state index in [4.69, 9.17) is 14.5 Å². The standard InChI is InChI=1S/C26H32FN5O4/c1-17-4-5-19(33)12-21(17)32-15-20-22(24(32)34)23(30-7-3-10-35-11-9-30)29-25(28-20)36-16-26-6-2-8-31(26)14-18(27)13-26/h4-5,12,18,33H,2-3,6-11,13-16H2,1H3/t18-,26+/m1/s1. The van der Waals surface area contributed by atoms with Gasteiger partial charge in [0, 0.05) is 38.7 Å². The average molecular weight is 498 g/mol. The van der Waals surface area contributed by atoms with Gasteiger partial charge in [-0.25, -0.2) is 4.39 Å². The topological polar surface area (TPSA) is 91.3 Å². The second-order valence-electron chi connectivity index (χ2n) is 10.3. The number of nitrogens with zero attached hydrogens (tertiary/aromatic N) is 5. The van der Waals surface area contributed by atoms with Crippen LogP contribution in [-0.2, 0) is 11.3 Å². The molecule has 2 atom stereocenters. The second kappa shape index (κ2) is 9.15. The molecular weight excluding hydrogens is 465 g/mol. The number of benzene rings is 1. The molecule has 4 aliphatic rings. The summed E-state index contributed by atoms with van der Waals surface area (Å²) in [6.45, 7) is 6.39. The molecule has 10 heteroatoms. The minimum absolute atomic E-state index is 0.0995. The number of amides is 1. The Balaban J connectivity index is 1.34. The summed E-state index contributed by atoms with van der Waals surface area (Å²) in [5.74, 6) is 0.464. The number of aromatic nitrogens is 2. The van der Waals surface area contributed by atoms with Crippen molar-refractivity contribution in [1.29, 1.82) is 0 Å². The molecule has 1 aromatic carbocycles. The molecule has 0 spiro atoms. The quantitative estimate of drug-likeness (QED) is 0.675. The van der Waals surface area contributed by atoms with Gasteiger partial charge in [-0.3, -0.25) is 9.69 Å². The first kappa shape index (κ1) is 23.4. The highest BCUT2D eigenvalue weighted by molar-refractivity contribution is 6.13. The lowest BCUT2D eigenvalue weighted by Crippen LogP contribution is -2.43. The van der Waals surface area contributed by atoms with Crippen LogP contribution in [0.1, 0.15) is 47.3 Å².